The molecule has 0 atom stereocenters. The molecule has 2 aromatic heterocycles. The number of H-pyrrole nitrogens is 1. The average Bonchev–Trinajstić information content (AvgIpc) is 2.94. The summed E-state index contributed by atoms with van der Waals surface area (Å²) in [6.45, 7) is 0.419. The molecule has 0 amide bonds. The molecule has 3 aromatic rings. The van der Waals surface area contributed by atoms with Gasteiger partial charge in [0.25, 0.3) is 0 Å². The van der Waals surface area contributed by atoms with Crippen LogP contribution in [0.1, 0.15) is 5.56 Å². The van der Waals surface area contributed by atoms with Crippen molar-refractivity contribution >= 4 is 32.9 Å². The standard InChI is InChI=1S/C13H12BrN5O/c1-15-13-17-11-9(6-16-19-11)12(18-13)20-7-8-4-2-3-5-10(8)14/h2-6H,7H2,1H3,(H2,15,16,17,18,19). The molecule has 0 fully saturated rings. The molecule has 2 N–H and O–H groups in total. The Morgan fingerprint density at radius 2 is 2.15 bits per heavy atom. The number of aromatic nitrogens is 4. The van der Waals surface area contributed by atoms with E-state index in [2.05, 4.69) is 41.4 Å². The topological polar surface area (TPSA) is 75.7 Å². The monoisotopic (exact) mass is 333 g/mol. The van der Waals surface area contributed by atoms with E-state index >= 15 is 0 Å². The Morgan fingerprint density at radius 3 is 2.95 bits per heavy atom. The molecule has 0 spiro atoms. The number of aromatic amines is 1. The van der Waals surface area contributed by atoms with Crippen molar-refractivity contribution in [1.29, 1.82) is 0 Å². The minimum atomic E-state index is 0.419. The number of hydrogen-bond acceptors (Lipinski definition) is 5. The first-order chi connectivity index (χ1) is 9.78. The maximum absolute atomic E-state index is 5.81. The van der Waals surface area contributed by atoms with Gasteiger partial charge in [-0.05, 0) is 6.07 Å². The molecule has 0 aliphatic carbocycles. The molecular formula is C13H12BrN5O. The molecule has 0 saturated heterocycles. The highest BCUT2D eigenvalue weighted by Gasteiger charge is 2.10. The quantitative estimate of drug-likeness (QED) is 0.767. The fourth-order valence-corrected chi connectivity index (χ4v) is 2.19. The summed E-state index contributed by atoms with van der Waals surface area (Å²) >= 11 is 3.50. The van der Waals surface area contributed by atoms with Gasteiger partial charge in [-0.2, -0.15) is 15.1 Å². The summed E-state index contributed by atoms with van der Waals surface area (Å²) in [4.78, 5) is 8.57. The molecule has 0 bridgehead atoms. The van der Waals surface area contributed by atoms with Gasteiger partial charge in [0.15, 0.2) is 5.65 Å². The van der Waals surface area contributed by atoms with Crippen LogP contribution in [-0.2, 0) is 6.61 Å². The van der Waals surface area contributed by atoms with Gasteiger partial charge in [-0.1, -0.05) is 34.1 Å². The zero-order valence-electron chi connectivity index (χ0n) is 10.7. The van der Waals surface area contributed by atoms with Crippen LogP contribution in [0.4, 0.5) is 5.95 Å². The zero-order chi connectivity index (χ0) is 13.9. The van der Waals surface area contributed by atoms with E-state index in [1.54, 1.807) is 13.2 Å². The highest BCUT2D eigenvalue weighted by atomic mass is 79.9. The number of hydrogen-bond donors (Lipinski definition) is 2. The third kappa shape index (κ3) is 2.44. The van der Waals surface area contributed by atoms with Gasteiger partial charge in [-0.25, -0.2) is 0 Å². The Morgan fingerprint density at radius 1 is 1.30 bits per heavy atom. The van der Waals surface area contributed by atoms with Crippen LogP contribution in [-0.4, -0.2) is 27.2 Å². The van der Waals surface area contributed by atoms with Crippen LogP contribution in [0.15, 0.2) is 34.9 Å². The summed E-state index contributed by atoms with van der Waals surface area (Å²) in [6, 6.07) is 7.91. The van der Waals surface area contributed by atoms with Crippen molar-refractivity contribution in [3.05, 3.63) is 40.5 Å². The summed E-state index contributed by atoms with van der Waals surface area (Å²) in [7, 11) is 1.76. The maximum Gasteiger partial charge on any atom is 0.229 e. The number of fused-ring (bicyclic) bond motifs is 1. The fraction of sp³-hybridized carbons (Fsp3) is 0.154. The fourth-order valence-electron chi connectivity index (χ4n) is 1.79. The normalized spacial score (nSPS) is 10.7. The first-order valence-corrected chi connectivity index (χ1v) is 6.82. The Kier molecular flexibility index (Phi) is 3.51. The van der Waals surface area contributed by atoms with Crippen molar-refractivity contribution in [3.8, 4) is 5.88 Å². The molecule has 20 heavy (non-hydrogen) atoms. The van der Waals surface area contributed by atoms with Crippen LogP contribution in [0.2, 0.25) is 0 Å². The van der Waals surface area contributed by atoms with Gasteiger partial charge >= 0.3 is 0 Å². The lowest BCUT2D eigenvalue weighted by Gasteiger charge is -2.08. The largest absolute Gasteiger partial charge is 0.472 e. The second-order valence-corrected chi connectivity index (χ2v) is 4.97. The van der Waals surface area contributed by atoms with Crippen molar-refractivity contribution in [2.75, 3.05) is 12.4 Å². The van der Waals surface area contributed by atoms with Gasteiger partial charge in [0.05, 0.1) is 6.20 Å². The number of nitrogens with one attached hydrogen (secondary N) is 2. The number of rotatable bonds is 4. The maximum atomic E-state index is 5.81. The summed E-state index contributed by atoms with van der Waals surface area (Å²) in [5.74, 6) is 0.993. The van der Waals surface area contributed by atoms with E-state index in [-0.39, 0.29) is 0 Å². The number of anilines is 1. The van der Waals surface area contributed by atoms with Gasteiger partial charge in [0, 0.05) is 17.1 Å². The van der Waals surface area contributed by atoms with Crippen LogP contribution in [0.5, 0.6) is 5.88 Å². The lowest BCUT2D eigenvalue weighted by molar-refractivity contribution is 0.297. The molecule has 0 aliphatic heterocycles. The van der Waals surface area contributed by atoms with Crippen LogP contribution in [0, 0.1) is 0 Å². The lowest BCUT2D eigenvalue weighted by atomic mass is 10.2. The molecule has 0 unspecified atom stereocenters. The smallest absolute Gasteiger partial charge is 0.229 e. The minimum Gasteiger partial charge on any atom is -0.472 e. The van der Waals surface area contributed by atoms with Gasteiger partial charge in [0.2, 0.25) is 11.8 Å². The highest BCUT2D eigenvalue weighted by Crippen LogP contribution is 2.24. The Bertz CT molecular complexity index is 742. The number of nitrogens with zero attached hydrogens (tertiary/aromatic N) is 3. The van der Waals surface area contributed by atoms with Crippen LogP contribution in [0.3, 0.4) is 0 Å². The highest BCUT2D eigenvalue weighted by molar-refractivity contribution is 9.10. The average molecular weight is 334 g/mol. The van der Waals surface area contributed by atoms with E-state index in [9.17, 15) is 0 Å². The molecule has 3 rings (SSSR count). The molecule has 102 valence electrons. The molecule has 6 nitrogen and oxygen atoms in total. The zero-order valence-corrected chi connectivity index (χ0v) is 12.3. The number of benzene rings is 1. The molecular weight excluding hydrogens is 322 g/mol. The van der Waals surface area contributed by atoms with Crippen molar-refractivity contribution in [1.82, 2.24) is 20.2 Å². The third-order valence-electron chi connectivity index (χ3n) is 2.82. The number of halogens is 1. The van der Waals surface area contributed by atoms with E-state index in [1.807, 2.05) is 24.3 Å². The van der Waals surface area contributed by atoms with E-state index in [0.29, 0.717) is 24.1 Å². The first kappa shape index (κ1) is 12.9. The molecule has 0 radical (unpaired) electrons. The predicted molar refractivity (Wildman–Crippen MR) is 79.7 cm³/mol. The van der Waals surface area contributed by atoms with Crippen molar-refractivity contribution in [2.24, 2.45) is 0 Å². The van der Waals surface area contributed by atoms with Gasteiger partial charge < -0.3 is 10.1 Å². The molecule has 7 heteroatoms. The number of ether oxygens (including phenoxy) is 1. The second-order valence-electron chi connectivity index (χ2n) is 4.11. The Balaban J connectivity index is 1.90. The van der Waals surface area contributed by atoms with Gasteiger partial charge in [0.1, 0.15) is 12.0 Å². The lowest BCUT2D eigenvalue weighted by Crippen LogP contribution is -2.02. The van der Waals surface area contributed by atoms with Crippen LogP contribution < -0.4 is 10.1 Å². The summed E-state index contributed by atoms with van der Waals surface area (Å²) < 4.78 is 6.81. The minimum absolute atomic E-state index is 0.419. The molecule has 0 saturated carbocycles. The van der Waals surface area contributed by atoms with E-state index in [4.69, 9.17) is 4.74 Å². The van der Waals surface area contributed by atoms with Gasteiger partial charge in [-0.3, -0.25) is 5.10 Å². The van der Waals surface area contributed by atoms with Crippen LogP contribution >= 0.6 is 15.9 Å². The molecule has 0 aliphatic rings. The van der Waals surface area contributed by atoms with Crippen molar-refractivity contribution in [2.45, 2.75) is 6.61 Å². The van der Waals surface area contributed by atoms with Crippen molar-refractivity contribution in [3.63, 3.8) is 0 Å². The molecule has 1 aromatic carbocycles. The van der Waals surface area contributed by atoms with Crippen LogP contribution in [0.25, 0.3) is 11.0 Å². The molecule has 2 heterocycles. The van der Waals surface area contributed by atoms with Crippen molar-refractivity contribution < 1.29 is 4.74 Å². The predicted octanol–water partition coefficient (Wildman–Crippen LogP) is 2.74. The Labute approximate surface area is 123 Å². The first-order valence-electron chi connectivity index (χ1n) is 6.03. The van der Waals surface area contributed by atoms with E-state index in [0.717, 1.165) is 15.4 Å². The summed E-state index contributed by atoms with van der Waals surface area (Å²) in [5, 5.41) is 10.4. The SMILES string of the molecule is CNc1nc(OCc2ccccc2Br)c2cn[nH]c2n1. The van der Waals surface area contributed by atoms with Gasteiger partial charge in [-0.15, -0.1) is 0 Å². The van der Waals surface area contributed by atoms with E-state index < -0.39 is 0 Å². The summed E-state index contributed by atoms with van der Waals surface area (Å²) in [5.41, 5.74) is 1.69. The van der Waals surface area contributed by atoms with E-state index in [1.165, 1.54) is 0 Å². The third-order valence-corrected chi connectivity index (χ3v) is 3.59. The second kappa shape index (κ2) is 5.46. The summed E-state index contributed by atoms with van der Waals surface area (Å²) in [6.07, 6.45) is 1.66. The Hall–Kier alpha value is -2.15.